The smallest absolute Gasteiger partial charge is 0.133 e. The first kappa shape index (κ1) is 12.8. The van der Waals surface area contributed by atoms with Crippen molar-refractivity contribution in [3.05, 3.63) is 22.3 Å². The Kier molecular flexibility index (Phi) is 4.40. The van der Waals surface area contributed by atoms with Crippen molar-refractivity contribution in [2.75, 3.05) is 18.0 Å². The molecule has 0 aliphatic heterocycles. The fraction of sp³-hybridized carbons (Fsp3) is 0.615. The summed E-state index contributed by atoms with van der Waals surface area (Å²) in [7, 11) is 0. The second-order valence-electron chi connectivity index (χ2n) is 4.73. The number of nitrogens with two attached hydrogens (primary N) is 1. The van der Waals surface area contributed by atoms with E-state index in [0.717, 1.165) is 41.3 Å². The molecule has 2 rings (SSSR count). The summed E-state index contributed by atoms with van der Waals surface area (Å²) in [6, 6.07) is 2.08. The summed E-state index contributed by atoms with van der Waals surface area (Å²) in [5.41, 5.74) is 6.95. The summed E-state index contributed by atoms with van der Waals surface area (Å²) >= 11 is 3.45. The SMILES string of the molecule is CCCN(CC1CC1)c1ncc(Br)cc1CN. The first-order valence-electron chi connectivity index (χ1n) is 6.34. The zero-order chi connectivity index (χ0) is 12.3. The van der Waals surface area contributed by atoms with Gasteiger partial charge in [0, 0.05) is 35.9 Å². The predicted molar refractivity (Wildman–Crippen MR) is 75.1 cm³/mol. The van der Waals surface area contributed by atoms with Crippen LogP contribution in [0.3, 0.4) is 0 Å². The van der Waals surface area contributed by atoms with Crippen LogP contribution in [0.1, 0.15) is 31.7 Å². The van der Waals surface area contributed by atoms with Crippen LogP contribution in [0.5, 0.6) is 0 Å². The molecule has 0 atom stereocenters. The van der Waals surface area contributed by atoms with Crippen LogP contribution in [0, 0.1) is 5.92 Å². The summed E-state index contributed by atoms with van der Waals surface area (Å²) in [6.45, 7) is 4.96. The molecule has 1 aromatic rings. The highest BCUT2D eigenvalue weighted by Crippen LogP contribution is 2.32. The minimum absolute atomic E-state index is 0.548. The minimum Gasteiger partial charge on any atom is -0.356 e. The van der Waals surface area contributed by atoms with E-state index in [1.54, 1.807) is 0 Å². The number of hydrogen-bond donors (Lipinski definition) is 1. The molecule has 17 heavy (non-hydrogen) atoms. The van der Waals surface area contributed by atoms with E-state index in [9.17, 15) is 0 Å². The normalized spacial score (nSPS) is 15.0. The van der Waals surface area contributed by atoms with Crippen LogP contribution in [-0.2, 0) is 6.54 Å². The van der Waals surface area contributed by atoms with Gasteiger partial charge in [-0.15, -0.1) is 0 Å². The van der Waals surface area contributed by atoms with Crippen molar-refractivity contribution >= 4 is 21.7 Å². The molecule has 4 heteroatoms. The van der Waals surface area contributed by atoms with Crippen LogP contribution in [0.15, 0.2) is 16.7 Å². The lowest BCUT2D eigenvalue weighted by Gasteiger charge is -2.25. The van der Waals surface area contributed by atoms with Crippen molar-refractivity contribution in [2.45, 2.75) is 32.7 Å². The van der Waals surface area contributed by atoms with Crippen LogP contribution >= 0.6 is 15.9 Å². The quantitative estimate of drug-likeness (QED) is 0.878. The second kappa shape index (κ2) is 5.83. The summed E-state index contributed by atoms with van der Waals surface area (Å²) in [5, 5.41) is 0. The number of nitrogens with zero attached hydrogens (tertiary/aromatic N) is 2. The van der Waals surface area contributed by atoms with Crippen LogP contribution in [0.2, 0.25) is 0 Å². The molecule has 1 heterocycles. The predicted octanol–water partition coefficient (Wildman–Crippen LogP) is 2.93. The summed E-state index contributed by atoms with van der Waals surface area (Å²) < 4.78 is 1.00. The van der Waals surface area contributed by atoms with Crippen LogP contribution in [-0.4, -0.2) is 18.1 Å². The van der Waals surface area contributed by atoms with Gasteiger partial charge in [-0.3, -0.25) is 0 Å². The van der Waals surface area contributed by atoms with Gasteiger partial charge in [-0.05, 0) is 47.2 Å². The fourth-order valence-corrected chi connectivity index (χ4v) is 2.45. The molecule has 0 spiro atoms. The van der Waals surface area contributed by atoms with Gasteiger partial charge in [0.1, 0.15) is 5.82 Å². The van der Waals surface area contributed by atoms with Gasteiger partial charge in [0.25, 0.3) is 0 Å². The molecule has 0 amide bonds. The van der Waals surface area contributed by atoms with Gasteiger partial charge >= 0.3 is 0 Å². The molecular formula is C13H20BrN3. The lowest BCUT2D eigenvalue weighted by molar-refractivity contribution is 0.694. The highest BCUT2D eigenvalue weighted by atomic mass is 79.9. The Balaban J connectivity index is 2.20. The van der Waals surface area contributed by atoms with Crippen molar-refractivity contribution in [3.8, 4) is 0 Å². The third kappa shape index (κ3) is 3.42. The molecule has 1 aliphatic rings. The molecule has 0 aromatic carbocycles. The molecule has 0 unspecified atom stereocenters. The van der Waals surface area contributed by atoms with Gasteiger partial charge in [-0.2, -0.15) is 0 Å². The van der Waals surface area contributed by atoms with Crippen molar-refractivity contribution in [1.82, 2.24) is 4.98 Å². The van der Waals surface area contributed by atoms with E-state index in [-0.39, 0.29) is 0 Å². The van der Waals surface area contributed by atoms with Crippen molar-refractivity contribution in [3.63, 3.8) is 0 Å². The standard InChI is InChI=1S/C13H20BrN3/c1-2-5-17(9-10-3-4-10)13-11(7-15)6-12(14)8-16-13/h6,8,10H,2-5,7,9,15H2,1H3. The van der Waals surface area contributed by atoms with Gasteiger partial charge < -0.3 is 10.6 Å². The molecular weight excluding hydrogens is 278 g/mol. The highest BCUT2D eigenvalue weighted by Gasteiger charge is 2.25. The molecule has 0 saturated heterocycles. The number of aromatic nitrogens is 1. The maximum absolute atomic E-state index is 5.81. The third-order valence-corrected chi connectivity index (χ3v) is 3.53. The minimum atomic E-state index is 0.548. The first-order chi connectivity index (χ1) is 8.24. The number of rotatable bonds is 6. The van der Waals surface area contributed by atoms with Gasteiger partial charge in [-0.1, -0.05) is 6.92 Å². The Bertz CT molecular complexity index is 377. The maximum Gasteiger partial charge on any atom is 0.133 e. The summed E-state index contributed by atoms with van der Waals surface area (Å²) in [6.07, 6.45) is 5.75. The topological polar surface area (TPSA) is 42.2 Å². The first-order valence-corrected chi connectivity index (χ1v) is 7.13. The largest absolute Gasteiger partial charge is 0.356 e. The zero-order valence-corrected chi connectivity index (χ0v) is 11.9. The Morgan fingerprint density at radius 2 is 2.29 bits per heavy atom. The molecule has 0 bridgehead atoms. The Morgan fingerprint density at radius 1 is 1.53 bits per heavy atom. The monoisotopic (exact) mass is 297 g/mol. The maximum atomic E-state index is 5.81. The van der Waals surface area contributed by atoms with Gasteiger partial charge in [0.15, 0.2) is 0 Å². The summed E-state index contributed by atoms with van der Waals surface area (Å²) in [5.74, 6) is 1.95. The number of pyridine rings is 1. The van der Waals surface area contributed by atoms with E-state index in [4.69, 9.17) is 5.73 Å². The van der Waals surface area contributed by atoms with Crippen LogP contribution in [0.4, 0.5) is 5.82 Å². The van der Waals surface area contributed by atoms with E-state index in [2.05, 4.69) is 38.8 Å². The molecule has 1 aromatic heterocycles. The molecule has 2 N–H and O–H groups in total. The number of halogens is 1. The van der Waals surface area contributed by atoms with Gasteiger partial charge in [-0.25, -0.2) is 4.98 Å². The van der Waals surface area contributed by atoms with E-state index in [1.165, 1.54) is 12.8 Å². The van der Waals surface area contributed by atoms with Gasteiger partial charge in [0.05, 0.1) is 0 Å². The number of anilines is 1. The second-order valence-corrected chi connectivity index (χ2v) is 5.65. The molecule has 3 nitrogen and oxygen atoms in total. The Hall–Kier alpha value is -0.610. The molecule has 1 saturated carbocycles. The fourth-order valence-electron chi connectivity index (χ4n) is 2.07. The van der Waals surface area contributed by atoms with Gasteiger partial charge in [0.2, 0.25) is 0 Å². The average Bonchev–Trinajstić information content (AvgIpc) is 3.12. The lowest BCUT2D eigenvalue weighted by atomic mass is 10.2. The number of hydrogen-bond acceptors (Lipinski definition) is 3. The zero-order valence-electron chi connectivity index (χ0n) is 10.3. The van der Waals surface area contributed by atoms with E-state index >= 15 is 0 Å². The Labute approximate surface area is 112 Å². The highest BCUT2D eigenvalue weighted by molar-refractivity contribution is 9.10. The van der Waals surface area contributed by atoms with Crippen molar-refractivity contribution in [1.29, 1.82) is 0 Å². The molecule has 94 valence electrons. The average molecular weight is 298 g/mol. The molecule has 1 aliphatic carbocycles. The third-order valence-electron chi connectivity index (χ3n) is 3.10. The summed E-state index contributed by atoms with van der Waals surface area (Å²) in [4.78, 5) is 6.94. The molecule has 0 radical (unpaired) electrons. The van der Waals surface area contributed by atoms with E-state index in [0.29, 0.717) is 6.54 Å². The van der Waals surface area contributed by atoms with Crippen LogP contribution < -0.4 is 10.6 Å². The van der Waals surface area contributed by atoms with Crippen LogP contribution in [0.25, 0.3) is 0 Å². The van der Waals surface area contributed by atoms with Crippen molar-refractivity contribution in [2.24, 2.45) is 11.7 Å². The molecule has 1 fully saturated rings. The lowest BCUT2D eigenvalue weighted by Crippen LogP contribution is -2.29. The Morgan fingerprint density at radius 3 is 2.88 bits per heavy atom. The van der Waals surface area contributed by atoms with Crippen molar-refractivity contribution < 1.29 is 0 Å². The van der Waals surface area contributed by atoms with E-state index < -0.39 is 0 Å². The van der Waals surface area contributed by atoms with E-state index in [1.807, 2.05) is 6.20 Å².